The summed E-state index contributed by atoms with van der Waals surface area (Å²) < 4.78 is 18.4. The van der Waals surface area contributed by atoms with E-state index in [0.717, 1.165) is 30.1 Å². The molecule has 0 saturated carbocycles. The van der Waals surface area contributed by atoms with E-state index in [-0.39, 0.29) is 30.2 Å². The third-order valence-electron chi connectivity index (χ3n) is 7.04. The minimum Gasteiger partial charge on any atom is -0.496 e. The van der Waals surface area contributed by atoms with Crippen molar-refractivity contribution in [2.45, 2.75) is 12.5 Å². The predicted molar refractivity (Wildman–Crippen MR) is 141 cm³/mol. The van der Waals surface area contributed by atoms with Crippen molar-refractivity contribution in [2.24, 2.45) is 12.1 Å². The van der Waals surface area contributed by atoms with Gasteiger partial charge in [0.1, 0.15) is 12.3 Å². The van der Waals surface area contributed by atoms with E-state index in [1.807, 2.05) is 54.2 Å². The average Bonchev–Trinajstić information content (AvgIpc) is 3.72. The summed E-state index contributed by atoms with van der Waals surface area (Å²) in [6, 6.07) is 14.5. The van der Waals surface area contributed by atoms with E-state index in [9.17, 15) is 9.59 Å². The van der Waals surface area contributed by atoms with Gasteiger partial charge in [-0.2, -0.15) is 5.10 Å². The molecular weight excluding hydrogens is 486 g/mol. The fourth-order valence-electron chi connectivity index (χ4n) is 4.97. The van der Waals surface area contributed by atoms with Crippen LogP contribution in [0.2, 0.25) is 0 Å². The van der Waals surface area contributed by atoms with Crippen molar-refractivity contribution in [3.05, 3.63) is 78.0 Å². The molecule has 10 nitrogen and oxygen atoms in total. The van der Waals surface area contributed by atoms with E-state index in [1.54, 1.807) is 24.1 Å². The molecule has 0 bridgehead atoms. The number of aromatic nitrogens is 1. The van der Waals surface area contributed by atoms with Gasteiger partial charge in [-0.25, -0.2) is 5.01 Å². The lowest BCUT2D eigenvalue weighted by Crippen LogP contribution is -2.46. The largest absolute Gasteiger partial charge is 0.496 e. The number of furan rings is 1. The number of rotatable bonds is 9. The SMILES string of the molecule is COc1ccccc1C1CC(c2cccn2C)=NN1C(=O)CN(CCN1CCOCC1)C(=O)c1ccco1. The van der Waals surface area contributed by atoms with Crippen LogP contribution < -0.4 is 4.74 Å². The number of hydrogen-bond donors (Lipinski definition) is 0. The molecule has 1 fully saturated rings. The molecule has 1 unspecified atom stereocenters. The van der Waals surface area contributed by atoms with Gasteiger partial charge in [0.25, 0.3) is 11.8 Å². The molecule has 10 heteroatoms. The normalized spacial score (nSPS) is 17.9. The molecule has 1 saturated heterocycles. The van der Waals surface area contributed by atoms with Crippen molar-refractivity contribution >= 4 is 17.5 Å². The Kier molecular flexibility index (Phi) is 7.90. The summed E-state index contributed by atoms with van der Waals surface area (Å²) in [6.07, 6.45) is 3.95. The summed E-state index contributed by atoms with van der Waals surface area (Å²) in [5, 5.41) is 6.30. The molecule has 1 atom stereocenters. The van der Waals surface area contributed by atoms with Gasteiger partial charge in [0.05, 0.1) is 44.0 Å². The molecule has 0 spiro atoms. The maximum atomic E-state index is 13.9. The van der Waals surface area contributed by atoms with E-state index in [1.165, 1.54) is 11.3 Å². The standard InChI is InChI=1S/C28H33N5O5/c1-30-11-5-8-23(30)22-19-24(21-7-3-4-9-25(21)36-2)33(29-22)27(34)20-32(28(35)26-10-6-16-38-26)13-12-31-14-17-37-18-15-31/h3-11,16,24H,12-15,17-20H2,1-2H3. The number of nitrogens with zero attached hydrogens (tertiary/aromatic N) is 5. The number of methoxy groups -OCH3 is 1. The molecular formula is C28H33N5O5. The molecule has 200 valence electrons. The Hall–Kier alpha value is -3.89. The fraction of sp³-hybridized carbons (Fsp3) is 0.393. The highest BCUT2D eigenvalue weighted by Gasteiger charge is 2.36. The summed E-state index contributed by atoms with van der Waals surface area (Å²) in [7, 11) is 3.57. The quantitative estimate of drug-likeness (QED) is 0.432. The molecule has 2 aliphatic heterocycles. The van der Waals surface area contributed by atoms with E-state index < -0.39 is 0 Å². The van der Waals surface area contributed by atoms with Gasteiger partial charge in [0.15, 0.2) is 5.76 Å². The lowest BCUT2D eigenvalue weighted by molar-refractivity contribution is -0.133. The van der Waals surface area contributed by atoms with E-state index in [4.69, 9.17) is 19.0 Å². The maximum absolute atomic E-state index is 13.9. The zero-order valence-electron chi connectivity index (χ0n) is 21.8. The molecule has 0 radical (unpaired) electrons. The van der Waals surface area contributed by atoms with Gasteiger partial charge in [-0.05, 0) is 30.3 Å². The first kappa shape index (κ1) is 25.7. The van der Waals surface area contributed by atoms with Crippen molar-refractivity contribution in [3.8, 4) is 5.75 Å². The molecule has 4 heterocycles. The van der Waals surface area contributed by atoms with Crippen molar-refractivity contribution in [1.82, 2.24) is 19.4 Å². The number of hydrogen-bond acceptors (Lipinski definition) is 7. The number of amides is 2. The van der Waals surface area contributed by atoms with Gasteiger partial charge in [0, 0.05) is 51.4 Å². The van der Waals surface area contributed by atoms with Crippen molar-refractivity contribution in [2.75, 3.05) is 53.0 Å². The molecule has 0 aliphatic carbocycles. The molecule has 5 rings (SSSR count). The van der Waals surface area contributed by atoms with E-state index in [2.05, 4.69) is 4.90 Å². The Balaban J connectivity index is 1.41. The number of morpholine rings is 1. The van der Waals surface area contributed by atoms with Crippen LogP contribution in [-0.4, -0.2) is 89.9 Å². The zero-order chi connectivity index (χ0) is 26.5. The second-order valence-corrected chi connectivity index (χ2v) is 9.41. The van der Waals surface area contributed by atoms with Gasteiger partial charge < -0.3 is 23.4 Å². The number of hydrazone groups is 1. The van der Waals surface area contributed by atoms with Crippen molar-refractivity contribution in [3.63, 3.8) is 0 Å². The lowest BCUT2D eigenvalue weighted by Gasteiger charge is -2.31. The monoisotopic (exact) mass is 519 g/mol. The number of benzene rings is 1. The van der Waals surface area contributed by atoms with Gasteiger partial charge in [-0.3, -0.25) is 14.5 Å². The predicted octanol–water partition coefficient (Wildman–Crippen LogP) is 2.78. The number of carbonyl (C=O) groups is 2. The molecule has 3 aromatic rings. The minimum absolute atomic E-state index is 0.126. The van der Waals surface area contributed by atoms with E-state index in [0.29, 0.717) is 38.5 Å². The number of carbonyl (C=O) groups excluding carboxylic acids is 2. The van der Waals surface area contributed by atoms with Crippen LogP contribution in [0, 0.1) is 0 Å². The fourth-order valence-corrected chi connectivity index (χ4v) is 4.97. The van der Waals surface area contributed by atoms with Gasteiger partial charge in [-0.15, -0.1) is 0 Å². The Labute approximate surface area is 222 Å². The Morgan fingerprint density at radius 1 is 1.11 bits per heavy atom. The molecule has 38 heavy (non-hydrogen) atoms. The van der Waals surface area contributed by atoms with Crippen LogP contribution in [0.4, 0.5) is 0 Å². The lowest BCUT2D eigenvalue weighted by atomic mass is 9.99. The highest BCUT2D eigenvalue weighted by molar-refractivity contribution is 6.02. The Bertz CT molecular complexity index is 1280. The van der Waals surface area contributed by atoms with Crippen LogP contribution in [0.1, 0.15) is 34.3 Å². The first-order chi connectivity index (χ1) is 18.5. The topological polar surface area (TPSA) is 92.8 Å². The molecule has 0 N–H and O–H groups in total. The van der Waals surface area contributed by atoms with Crippen LogP contribution in [-0.2, 0) is 16.6 Å². The van der Waals surface area contributed by atoms with Crippen molar-refractivity contribution in [1.29, 1.82) is 0 Å². The number of ether oxygens (including phenoxy) is 2. The highest BCUT2D eigenvalue weighted by Crippen LogP contribution is 2.37. The maximum Gasteiger partial charge on any atom is 0.290 e. The summed E-state index contributed by atoms with van der Waals surface area (Å²) in [4.78, 5) is 31.0. The second kappa shape index (κ2) is 11.7. The summed E-state index contributed by atoms with van der Waals surface area (Å²) in [5.41, 5.74) is 2.61. The summed E-state index contributed by atoms with van der Waals surface area (Å²) in [5.74, 6) is 0.299. The first-order valence-electron chi connectivity index (χ1n) is 12.8. The van der Waals surface area contributed by atoms with Crippen LogP contribution in [0.5, 0.6) is 5.75 Å². The Morgan fingerprint density at radius 3 is 2.63 bits per heavy atom. The second-order valence-electron chi connectivity index (χ2n) is 9.41. The molecule has 2 amide bonds. The summed E-state index contributed by atoms with van der Waals surface area (Å²) >= 11 is 0. The third kappa shape index (κ3) is 5.51. The average molecular weight is 520 g/mol. The molecule has 1 aromatic carbocycles. The van der Waals surface area contributed by atoms with Crippen LogP contribution >= 0.6 is 0 Å². The number of aryl methyl sites for hydroxylation is 1. The van der Waals surface area contributed by atoms with Crippen LogP contribution in [0.15, 0.2) is 70.5 Å². The minimum atomic E-state index is -0.358. The third-order valence-corrected chi connectivity index (χ3v) is 7.04. The van der Waals surface area contributed by atoms with Gasteiger partial charge in [0.2, 0.25) is 0 Å². The first-order valence-corrected chi connectivity index (χ1v) is 12.8. The Morgan fingerprint density at radius 2 is 1.92 bits per heavy atom. The van der Waals surface area contributed by atoms with E-state index >= 15 is 0 Å². The van der Waals surface area contributed by atoms with Crippen molar-refractivity contribution < 1.29 is 23.5 Å². The molecule has 2 aliphatic rings. The smallest absolute Gasteiger partial charge is 0.290 e. The summed E-state index contributed by atoms with van der Waals surface area (Å²) in [6.45, 7) is 3.81. The van der Waals surface area contributed by atoms with Gasteiger partial charge in [-0.1, -0.05) is 18.2 Å². The number of para-hydroxylation sites is 1. The van der Waals surface area contributed by atoms with Gasteiger partial charge >= 0.3 is 0 Å². The zero-order valence-corrected chi connectivity index (χ0v) is 21.8. The van der Waals surface area contributed by atoms with Crippen LogP contribution in [0.25, 0.3) is 0 Å². The molecule has 2 aromatic heterocycles. The highest BCUT2D eigenvalue weighted by atomic mass is 16.5. The van der Waals surface area contributed by atoms with Crippen LogP contribution in [0.3, 0.4) is 0 Å².